The van der Waals surface area contributed by atoms with Gasteiger partial charge in [-0.25, -0.2) is 9.18 Å². The lowest BCUT2D eigenvalue weighted by Crippen LogP contribution is -2.50. The van der Waals surface area contributed by atoms with Crippen LogP contribution >= 0.6 is 0 Å². The number of nitrogens with one attached hydrogen (secondary N) is 1. The molecule has 4 rings (SSSR count). The Bertz CT molecular complexity index is 1300. The lowest BCUT2D eigenvalue weighted by Gasteiger charge is -2.31. The largest absolute Gasteiger partial charge is 0.464 e. The molecule has 7 nitrogen and oxygen atoms in total. The average Bonchev–Trinajstić information content (AvgIpc) is 2.91. The van der Waals surface area contributed by atoms with E-state index in [0.29, 0.717) is 28.6 Å². The third kappa shape index (κ3) is 7.21. The summed E-state index contributed by atoms with van der Waals surface area (Å²) in [6, 6.07) is 12.7. The molecule has 1 heterocycles. The Balaban J connectivity index is 1.57. The van der Waals surface area contributed by atoms with E-state index in [-0.39, 0.29) is 54.8 Å². The molecule has 0 spiro atoms. The number of fused-ring (bicyclic) bond motifs is 1. The number of para-hydroxylation sites is 1. The highest BCUT2D eigenvalue weighted by molar-refractivity contribution is 5.84. The molecule has 3 aromatic rings. The van der Waals surface area contributed by atoms with Crippen LogP contribution in [0.15, 0.2) is 64.0 Å². The standard InChI is InChI=1S/C30H36FN3O4/c1-21(2)16-34(30(37)32-25-8-4-3-5-9-25)19-28(35)33(17-22-12-14-24(31)15-13-22)18-23-20-38-27-11-7-6-10-26(27)29(23)36/h6-7,10-15,20-21,25H,3-5,8-9,16-19H2,1-2H3,(H,32,37). The van der Waals surface area contributed by atoms with E-state index in [1.807, 2.05) is 13.8 Å². The number of hydrogen-bond acceptors (Lipinski definition) is 4. The first-order chi connectivity index (χ1) is 18.3. The van der Waals surface area contributed by atoms with Crippen molar-refractivity contribution >= 4 is 22.9 Å². The van der Waals surface area contributed by atoms with E-state index in [4.69, 9.17) is 4.42 Å². The van der Waals surface area contributed by atoms with Crippen LogP contribution < -0.4 is 10.7 Å². The fourth-order valence-corrected chi connectivity index (χ4v) is 4.91. The van der Waals surface area contributed by atoms with Crippen molar-refractivity contribution in [3.8, 4) is 0 Å². The monoisotopic (exact) mass is 521 g/mol. The molecule has 2 aromatic carbocycles. The van der Waals surface area contributed by atoms with Gasteiger partial charge in [0.1, 0.15) is 17.9 Å². The molecule has 1 fully saturated rings. The van der Waals surface area contributed by atoms with Crippen LogP contribution in [0.4, 0.5) is 9.18 Å². The Morgan fingerprint density at radius 2 is 1.71 bits per heavy atom. The number of amides is 3. The van der Waals surface area contributed by atoms with Gasteiger partial charge in [-0.1, -0.05) is 57.4 Å². The fraction of sp³-hybridized carbons (Fsp3) is 0.433. The van der Waals surface area contributed by atoms with Crippen molar-refractivity contribution in [1.29, 1.82) is 0 Å². The number of benzene rings is 2. The zero-order valence-corrected chi connectivity index (χ0v) is 22.1. The van der Waals surface area contributed by atoms with Gasteiger partial charge >= 0.3 is 6.03 Å². The normalized spacial score (nSPS) is 14.0. The zero-order valence-electron chi connectivity index (χ0n) is 22.1. The molecule has 3 amide bonds. The summed E-state index contributed by atoms with van der Waals surface area (Å²) in [5.41, 5.74) is 1.31. The molecular formula is C30H36FN3O4. The highest BCUT2D eigenvalue weighted by atomic mass is 19.1. The topological polar surface area (TPSA) is 82.9 Å². The van der Waals surface area contributed by atoms with Gasteiger partial charge in [0.2, 0.25) is 5.91 Å². The smallest absolute Gasteiger partial charge is 0.318 e. The first-order valence-electron chi connectivity index (χ1n) is 13.4. The van der Waals surface area contributed by atoms with E-state index in [9.17, 15) is 18.8 Å². The average molecular weight is 522 g/mol. The second-order valence-electron chi connectivity index (χ2n) is 10.5. The molecule has 1 N–H and O–H groups in total. The maximum absolute atomic E-state index is 13.7. The lowest BCUT2D eigenvalue weighted by atomic mass is 9.96. The SMILES string of the molecule is CC(C)CN(CC(=O)N(Cc1ccc(F)cc1)Cc1coc2ccccc2c1=O)C(=O)NC1CCCCC1. The summed E-state index contributed by atoms with van der Waals surface area (Å²) in [5.74, 6) is -0.511. The molecular weight excluding hydrogens is 485 g/mol. The minimum Gasteiger partial charge on any atom is -0.464 e. The fourth-order valence-electron chi connectivity index (χ4n) is 4.91. The van der Waals surface area contributed by atoms with Gasteiger partial charge < -0.3 is 19.5 Å². The highest BCUT2D eigenvalue weighted by Crippen LogP contribution is 2.18. The summed E-state index contributed by atoms with van der Waals surface area (Å²) >= 11 is 0. The van der Waals surface area contributed by atoms with Gasteiger partial charge in [0.15, 0.2) is 5.43 Å². The number of halogens is 1. The molecule has 0 atom stereocenters. The molecule has 1 aliphatic rings. The number of carbonyl (C=O) groups excluding carboxylic acids is 2. The second-order valence-corrected chi connectivity index (χ2v) is 10.5. The van der Waals surface area contributed by atoms with Crippen molar-refractivity contribution in [3.63, 3.8) is 0 Å². The van der Waals surface area contributed by atoms with Gasteiger partial charge in [0, 0.05) is 19.1 Å². The molecule has 1 saturated carbocycles. The predicted molar refractivity (Wildman–Crippen MR) is 145 cm³/mol. The summed E-state index contributed by atoms with van der Waals surface area (Å²) in [4.78, 5) is 43.1. The third-order valence-electron chi connectivity index (χ3n) is 6.88. The first-order valence-corrected chi connectivity index (χ1v) is 13.4. The highest BCUT2D eigenvalue weighted by Gasteiger charge is 2.25. The summed E-state index contributed by atoms with van der Waals surface area (Å²) in [7, 11) is 0. The van der Waals surface area contributed by atoms with Gasteiger partial charge in [-0.3, -0.25) is 9.59 Å². The second kappa shape index (κ2) is 12.7. The van der Waals surface area contributed by atoms with Crippen LogP contribution in [0.3, 0.4) is 0 Å². The zero-order chi connectivity index (χ0) is 27.1. The summed E-state index contributed by atoms with van der Waals surface area (Å²) in [6.07, 6.45) is 6.65. The van der Waals surface area contributed by atoms with Crippen LogP contribution in [0.25, 0.3) is 11.0 Å². The Kier molecular flexibility index (Phi) is 9.15. The van der Waals surface area contributed by atoms with Crippen molar-refractivity contribution in [3.05, 3.63) is 82.0 Å². The maximum Gasteiger partial charge on any atom is 0.318 e. The Morgan fingerprint density at radius 1 is 1.00 bits per heavy atom. The molecule has 0 unspecified atom stereocenters. The van der Waals surface area contributed by atoms with E-state index in [0.717, 1.165) is 25.7 Å². The molecule has 0 radical (unpaired) electrons. The molecule has 1 aromatic heterocycles. The van der Waals surface area contributed by atoms with Crippen molar-refractivity contribution in [2.24, 2.45) is 5.92 Å². The van der Waals surface area contributed by atoms with Crippen molar-refractivity contribution in [2.45, 2.75) is 65.1 Å². The van der Waals surface area contributed by atoms with Crippen LogP contribution in [0, 0.1) is 11.7 Å². The minimum absolute atomic E-state index is 0.00312. The molecule has 0 aliphatic heterocycles. The van der Waals surface area contributed by atoms with Crippen LogP contribution in [-0.4, -0.2) is 40.9 Å². The van der Waals surface area contributed by atoms with E-state index < -0.39 is 0 Å². The van der Waals surface area contributed by atoms with Gasteiger partial charge in [0.05, 0.1) is 23.8 Å². The number of urea groups is 1. The Labute approximate surface area is 222 Å². The van der Waals surface area contributed by atoms with E-state index in [2.05, 4.69) is 5.32 Å². The molecule has 0 bridgehead atoms. The third-order valence-corrected chi connectivity index (χ3v) is 6.88. The number of rotatable bonds is 9. The summed E-state index contributed by atoms with van der Waals surface area (Å²) < 4.78 is 19.2. The van der Waals surface area contributed by atoms with Crippen LogP contribution in [0.1, 0.15) is 57.1 Å². The van der Waals surface area contributed by atoms with E-state index in [1.54, 1.807) is 41.3 Å². The summed E-state index contributed by atoms with van der Waals surface area (Å²) in [5, 5.41) is 3.55. The predicted octanol–water partition coefficient (Wildman–Crippen LogP) is 5.46. The molecule has 1 aliphatic carbocycles. The summed E-state index contributed by atoms with van der Waals surface area (Å²) in [6.45, 7) is 4.46. The maximum atomic E-state index is 13.7. The van der Waals surface area contributed by atoms with Gasteiger partial charge in [-0.05, 0) is 48.6 Å². The van der Waals surface area contributed by atoms with Gasteiger partial charge in [-0.15, -0.1) is 0 Å². The molecule has 202 valence electrons. The Morgan fingerprint density at radius 3 is 2.42 bits per heavy atom. The van der Waals surface area contributed by atoms with Gasteiger partial charge in [0.25, 0.3) is 0 Å². The molecule has 38 heavy (non-hydrogen) atoms. The number of nitrogens with zero attached hydrogens (tertiary/aromatic N) is 2. The van der Waals surface area contributed by atoms with Crippen molar-refractivity contribution in [1.82, 2.24) is 15.1 Å². The van der Waals surface area contributed by atoms with E-state index >= 15 is 0 Å². The van der Waals surface area contributed by atoms with Gasteiger partial charge in [-0.2, -0.15) is 0 Å². The number of carbonyl (C=O) groups is 2. The molecule has 0 saturated heterocycles. The minimum atomic E-state index is -0.371. The molecule has 8 heteroatoms. The van der Waals surface area contributed by atoms with Crippen molar-refractivity contribution in [2.75, 3.05) is 13.1 Å². The van der Waals surface area contributed by atoms with Crippen molar-refractivity contribution < 1.29 is 18.4 Å². The Hall–Kier alpha value is -3.68. The number of hydrogen-bond donors (Lipinski definition) is 1. The lowest BCUT2D eigenvalue weighted by molar-refractivity contribution is -0.133. The van der Waals surface area contributed by atoms with Crippen LogP contribution in [0.2, 0.25) is 0 Å². The first kappa shape index (κ1) is 27.4. The quantitative estimate of drug-likeness (QED) is 0.405. The van der Waals surface area contributed by atoms with Crippen LogP contribution in [-0.2, 0) is 17.9 Å². The van der Waals surface area contributed by atoms with E-state index in [1.165, 1.54) is 29.7 Å². The van der Waals surface area contributed by atoms with Crippen LogP contribution in [0.5, 0.6) is 0 Å².